The molecule has 1 atom stereocenters. The summed E-state index contributed by atoms with van der Waals surface area (Å²) in [6, 6.07) is 1.85. The molecule has 1 amide bonds. The normalized spacial score (nSPS) is 17.7. The minimum absolute atomic E-state index is 0.0605. The quantitative estimate of drug-likeness (QED) is 0.717. The molecule has 0 radical (unpaired) electrons. The highest BCUT2D eigenvalue weighted by atomic mass is 79.9. The fraction of sp³-hybridized carbons (Fsp3) is 0.571. The lowest BCUT2D eigenvalue weighted by Gasteiger charge is -2.24. The average Bonchev–Trinajstić information content (AvgIpc) is 3.13. The van der Waals surface area contributed by atoms with Crippen LogP contribution in [0.4, 0.5) is 0 Å². The van der Waals surface area contributed by atoms with Crippen LogP contribution in [0.3, 0.4) is 0 Å². The summed E-state index contributed by atoms with van der Waals surface area (Å²) < 4.78 is 11.0. The number of methoxy groups -OCH3 is 1. The number of hydrogen-bond donors (Lipinski definition) is 0. The van der Waals surface area contributed by atoms with E-state index in [1.54, 1.807) is 4.90 Å². The van der Waals surface area contributed by atoms with Gasteiger partial charge in [0.1, 0.15) is 4.88 Å². The van der Waals surface area contributed by atoms with Crippen molar-refractivity contribution in [1.82, 2.24) is 4.90 Å². The molecule has 5 nitrogen and oxygen atoms in total. The summed E-state index contributed by atoms with van der Waals surface area (Å²) in [5.41, 5.74) is 0. The van der Waals surface area contributed by atoms with Gasteiger partial charge >= 0.3 is 5.97 Å². The topological polar surface area (TPSA) is 55.8 Å². The minimum Gasteiger partial charge on any atom is -0.469 e. The molecule has 0 saturated carbocycles. The first kappa shape index (κ1) is 16.5. The highest BCUT2D eigenvalue weighted by molar-refractivity contribution is 9.10. The second kappa shape index (κ2) is 7.91. The molecule has 7 heteroatoms. The third kappa shape index (κ3) is 4.52. The van der Waals surface area contributed by atoms with Crippen molar-refractivity contribution in [3.8, 4) is 0 Å². The molecule has 0 spiro atoms. The van der Waals surface area contributed by atoms with Crippen molar-refractivity contribution in [3.63, 3.8) is 0 Å². The molecular weight excluding hydrogens is 358 g/mol. The maximum Gasteiger partial charge on any atom is 0.307 e. The van der Waals surface area contributed by atoms with Crippen LogP contribution in [-0.2, 0) is 14.3 Å². The Balaban J connectivity index is 2.04. The SMILES string of the molecule is COC(=O)CCN(CC1CCCO1)C(=O)c1sccc1Br. The molecule has 1 aliphatic heterocycles. The van der Waals surface area contributed by atoms with Crippen LogP contribution in [0.5, 0.6) is 0 Å². The molecule has 0 aliphatic carbocycles. The van der Waals surface area contributed by atoms with E-state index in [0.717, 1.165) is 23.9 Å². The highest BCUT2D eigenvalue weighted by Gasteiger charge is 2.25. The lowest BCUT2D eigenvalue weighted by atomic mass is 10.2. The summed E-state index contributed by atoms with van der Waals surface area (Å²) in [5.74, 6) is -0.387. The number of amides is 1. The van der Waals surface area contributed by atoms with Crippen molar-refractivity contribution in [3.05, 3.63) is 20.8 Å². The van der Waals surface area contributed by atoms with E-state index < -0.39 is 0 Å². The van der Waals surface area contributed by atoms with Crippen molar-refractivity contribution in [2.24, 2.45) is 0 Å². The largest absolute Gasteiger partial charge is 0.469 e. The first-order valence-corrected chi connectivity index (χ1v) is 8.49. The van der Waals surface area contributed by atoms with Crippen LogP contribution in [0.2, 0.25) is 0 Å². The van der Waals surface area contributed by atoms with Gasteiger partial charge in [-0.15, -0.1) is 11.3 Å². The van der Waals surface area contributed by atoms with Crippen molar-refractivity contribution in [2.75, 3.05) is 26.8 Å². The van der Waals surface area contributed by atoms with Gasteiger partial charge in [-0.25, -0.2) is 0 Å². The van der Waals surface area contributed by atoms with Gasteiger partial charge in [0.05, 0.1) is 19.6 Å². The average molecular weight is 376 g/mol. The maximum atomic E-state index is 12.6. The number of rotatable bonds is 6. The van der Waals surface area contributed by atoms with Crippen LogP contribution >= 0.6 is 27.3 Å². The summed E-state index contributed by atoms with van der Waals surface area (Å²) in [5, 5.41) is 1.86. The molecule has 0 N–H and O–H groups in total. The predicted octanol–water partition coefficient (Wildman–Crippen LogP) is 2.69. The van der Waals surface area contributed by atoms with E-state index in [-0.39, 0.29) is 24.4 Å². The van der Waals surface area contributed by atoms with Crippen LogP contribution < -0.4 is 0 Å². The Morgan fingerprint density at radius 2 is 2.38 bits per heavy atom. The number of halogens is 1. The monoisotopic (exact) mass is 375 g/mol. The van der Waals surface area contributed by atoms with Gasteiger partial charge in [-0.05, 0) is 40.2 Å². The lowest BCUT2D eigenvalue weighted by Crippen LogP contribution is -2.38. The molecule has 1 aliphatic rings. The maximum absolute atomic E-state index is 12.6. The number of hydrogen-bond acceptors (Lipinski definition) is 5. The Hall–Kier alpha value is -0.920. The van der Waals surface area contributed by atoms with Crippen molar-refractivity contribution < 1.29 is 19.1 Å². The van der Waals surface area contributed by atoms with E-state index in [2.05, 4.69) is 20.7 Å². The zero-order valence-electron chi connectivity index (χ0n) is 11.8. The first-order valence-electron chi connectivity index (χ1n) is 6.82. The zero-order chi connectivity index (χ0) is 15.2. The molecule has 1 unspecified atom stereocenters. The second-order valence-corrected chi connectivity index (χ2v) is 6.58. The second-order valence-electron chi connectivity index (χ2n) is 4.81. The molecule has 0 bridgehead atoms. The Labute approximate surface area is 136 Å². The summed E-state index contributed by atoms with van der Waals surface area (Å²) in [6.45, 7) is 1.60. The van der Waals surface area contributed by atoms with Gasteiger partial charge < -0.3 is 14.4 Å². The summed E-state index contributed by atoms with van der Waals surface area (Å²) >= 11 is 4.77. The van der Waals surface area contributed by atoms with E-state index in [4.69, 9.17) is 4.74 Å². The summed E-state index contributed by atoms with van der Waals surface area (Å²) in [6.07, 6.45) is 2.23. The Morgan fingerprint density at radius 1 is 1.57 bits per heavy atom. The number of ether oxygens (including phenoxy) is 2. The molecule has 21 heavy (non-hydrogen) atoms. The van der Waals surface area contributed by atoms with Crippen LogP contribution in [0.15, 0.2) is 15.9 Å². The third-order valence-corrected chi connectivity index (χ3v) is 5.19. The van der Waals surface area contributed by atoms with E-state index >= 15 is 0 Å². The summed E-state index contributed by atoms with van der Waals surface area (Å²) in [7, 11) is 1.35. The van der Waals surface area contributed by atoms with Gasteiger partial charge in [-0.2, -0.15) is 0 Å². The van der Waals surface area contributed by atoms with Crippen LogP contribution in [0.25, 0.3) is 0 Å². The standard InChI is InChI=1S/C14H18BrNO4S/c1-19-12(17)4-6-16(9-10-3-2-7-20-10)14(18)13-11(15)5-8-21-13/h5,8,10H,2-4,6-7,9H2,1H3. The number of nitrogens with zero attached hydrogens (tertiary/aromatic N) is 1. The van der Waals surface area contributed by atoms with Gasteiger partial charge in [0.15, 0.2) is 0 Å². The molecule has 116 valence electrons. The van der Waals surface area contributed by atoms with Gasteiger partial charge in [-0.1, -0.05) is 0 Å². The molecule has 1 aromatic heterocycles. The zero-order valence-corrected chi connectivity index (χ0v) is 14.2. The number of esters is 1. The highest BCUT2D eigenvalue weighted by Crippen LogP contribution is 2.25. The van der Waals surface area contributed by atoms with Gasteiger partial charge in [0, 0.05) is 24.2 Å². The molecule has 2 heterocycles. The van der Waals surface area contributed by atoms with Crippen LogP contribution in [0, 0.1) is 0 Å². The number of thiophene rings is 1. The van der Waals surface area contributed by atoms with Crippen molar-refractivity contribution in [2.45, 2.75) is 25.4 Å². The predicted molar refractivity (Wildman–Crippen MR) is 83.5 cm³/mol. The number of carbonyl (C=O) groups is 2. The van der Waals surface area contributed by atoms with E-state index in [1.165, 1.54) is 18.4 Å². The van der Waals surface area contributed by atoms with E-state index in [0.29, 0.717) is 18.0 Å². The fourth-order valence-corrected chi connectivity index (χ4v) is 3.74. The lowest BCUT2D eigenvalue weighted by molar-refractivity contribution is -0.140. The van der Waals surface area contributed by atoms with Gasteiger partial charge in [-0.3, -0.25) is 9.59 Å². The van der Waals surface area contributed by atoms with Gasteiger partial charge in [0.25, 0.3) is 5.91 Å². The van der Waals surface area contributed by atoms with Crippen molar-refractivity contribution >= 4 is 39.1 Å². The molecule has 1 saturated heterocycles. The molecular formula is C14H18BrNO4S. The van der Waals surface area contributed by atoms with Crippen LogP contribution in [-0.4, -0.2) is 49.7 Å². The molecule has 1 aromatic rings. The Kier molecular flexibility index (Phi) is 6.20. The summed E-state index contributed by atoms with van der Waals surface area (Å²) in [4.78, 5) is 26.3. The fourth-order valence-electron chi connectivity index (χ4n) is 2.23. The Morgan fingerprint density at radius 3 is 2.95 bits per heavy atom. The van der Waals surface area contributed by atoms with E-state index in [9.17, 15) is 9.59 Å². The van der Waals surface area contributed by atoms with E-state index in [1.807, 2.05) is 11.4 Å². The molecule has 0 aromatic carbocycles. The first-order chi connectivity index (χ1) is 10.1. The Bertz CT molecular complexity index is 499. The third-order valence-electron chi connectivity index (χ3n) is 3.36. The van der Waals surface area contributed by atoms with Crippen molar-refractivity contribution in [1.29, 1.82) is 0 Å². The minimum atomic E-state index is -0.314. The number of carbonyl (C=O) groups excluding carboxylic acids is 2. The van der Waals surface area contributed by atoms with Gasteiger partial charge in [0.2, 0.25) is 0 Å². The molecule has 2 rings (SSSR count). The smallest absolute Gasteiger partial charge is 0.307 e. The molecule has 1 fully saturated rings. The van der Waals surface area contributed by atoms with Crippen LogP contribution in [0.1, 0.15) is 28.9 Å².